The third-order valence-corrected chi connectivity index (χ3v) is 5.40. The van der Waals surface area contributed by atoms with Crippen molar-refractivity contribution in [3.05, 3.63) is 11.9 Å². The number of imidazole rings is 1. The van der Waals surface area contributed by atoms with Crippen molar-refractivity contribution >= 4 is 27.3 Å². The molecule has 1 saturated heterocycles. The number of terminal acetylenes is 1. The number of nitrogens with zero attached hydrogens (tertiary/aromatic N) is 5. The summed E-state index contributed by atoms with van der Waals surface area (Å²) in [6.45, 7) is 10.7. The summed E-state index contributed by atoms with van der Waals surface area (Å²) < 4.78 is 1.89. The summed E-state index contributed by atoms with van der Waals surface area (Å²) in [5.74, 6) is 2.41. The first-order valence-corrected chi connectivity index (χ1v) is 9.72. The Labute approximate surface area is 158 Å². The lowest BCUT2D eigenvalue weighted by molar-refractivity contribution is -0.121. The minimum Gasteiger partial charge on any atom is -0.345 e. The summed E-state index contributed by atoms with van der Waals surface area (Å²) in [7, 11) is 0. The maximum absolute atomic E-state index is 11.8. The van der Waals surface area contributed by atoms with Crippen LogP contribution in [0.4, 0.5) is 5.13 Å². The average Bonchev–Trinajstić information content (AvgIpc) is 3.06. The average molecular weight is 375 g/mol. The largest absolute Gasteiger partial charge is 0.345 e. The molecule has 3 rings (SSSR count). The zero-order valence-electron chi connectivity index (χ0n) is 15.7. The number of hydrogen-bond donors (Lipinski definition) is 1. The van der Waals surface area contributed by atoms with Crippen molar-refractivity contribution in [1.29, 1.82) is 0 Å². The first kappa shape index (κ1) is 18.7. The van der Waals surface area contributed by atoms with Crippen molar-refractivity contribution in [3.63, 3.8) is 0 Å². The third-order valence-electron chi connectivity index (χ3n) is 4.41. The molecule has 1 aliphatic rings. The van der Waals surface area contributed by atoms with Crippen molar-refractivity contribution in [2.45, 2.75) is 32.6 Å². The lowest BCUT2D eigenvalue weighted by atomic mass is 9.93. The Morgan fingerprint density at radius 1 is 1.35 bits per heavy atom. The molecule has 0 aromatic carbocycles. The Kier molecular flexibility index (Phi) is 5.49. The fourth-order valence-electron chi connectivity index (χ4n) is 2.91. The van der Waals surface area contributed by atoms with E-state index in [1.54, 1.807) is 11.3 Å². The predicted molar refractivity (Wildman–Crippen MR) is 105 cm³/mol. The lowest BCUT2D eigenvalue weighted by Crippen LogP contribution is -2.39. The molecular weight excluding hydrogens is 348 g/mol. The van der Waals surface area contributed by atoms with Crippen molar-refractivity contribution < 1.29 is 4.79 Å². The van der Waals surface area contributed by atoms with E-state index in [0.29, 0.717) is 6.54 Å². The molecule has 2 aromatic rings. The van der Waals surface area contributed by atoms with Gasteiger partial charge in [0.05, 0.1) is 25.0 Å². The van der Waals surface area contributed by atoms with Gasteiger partial charge in [-0.2, -0.15) is 0 Å². The smallest absolute Gasteiger partial charge is 0.234 e. The van der Waals surface area contributed by atoms with Crippen molar-refractivity contribution in [3.8, 4) is 12.3 Å². The number of nitrogens with one attached hydrogen (secondary N) is 1. The zero-order chi connectivity index (χ0) is 18.7. The van der Waals surface area contributed by atoms with Gasteiger partial charge >= 0.3 is 0 Å². The minimum absolute atomic E-state index is 0.0150. The van der Waals surface area contributed by atoms with Gasteiger partial charge in [-0.1, -0.05) is 38.0 Å². The number of hydrogen-bond acceptors (Lipinski definition) is 6. The highest BCUT2D eigenvalue weighted by atomic mass is 32.1. The van der Waals surface area contributed by atoms with Crippen LogP contribution in [0.25, 0.3) is 4.96 Å². The standard InChI is InChI=1S/C18H26N6OS/c1-5-7-19-15(25)13-22-8-6-9-23(11-10-22)17-21-24-12-14(18(2,3)4)20-16(24)26-17/h1,12H,6-11,13H2,2-4H3,(H,19,25). The number of rotatable bonds is 4. The van der Waals surface area contributed by atoms with Crippen molar-refractivity contribution in [1.82, 2.24) is 24.8 Å². The highest BCUT2D eigenvalue weighted by Crippen LogP contribution is 2.28. The summed E-state index contributed by atoms with van der Waals surface area (Å²) in [6, 6.07) is 0. The van der Waals surface area contributed by atoms with Gasteiger partial charge in [0.25, 0.3) is 0 Å². The number of anilines is 1. The number of fused-ring (bicyclic) bond motifs is 1. The highest BCUT2D eigenvalue weighted by Gasteiger charge is 2.22. The third kappa shape index (κ3) is 4.34. The molecule has 8 heteroatoms. The molecule has 1 N–H and O–H groups in total. The minimum atomic E-state index is -0.0150. The fraction of sp³-hybridized carbons (Fsp3) is 0.611. The Hall–Kier alpha value is -2.11. The number of carbonyl (C=O) groups excluding carboxylic acids is 1. The van der Waals surface area contributed by atoms with E-state index in [9.17, 15) is 4.79 Å². The molecule has 1 fully saturated rings. The molecular formula is C18H26N6OS. The molecule has 0 bridgehead atoms. The summed E-state index contributed by atoms with van der Waals surface area (Å²) in [5, 5.41) is 8.43. The molecule has 0 atom stereocenters. The quantitative estimate of drug-likeness (QED) is 0.819. The van der Waals surface area contributed by atoms with E-state index in [1.807, 2.05) is 10.7 Å². The van der Waals surface area contributed by atoms with Crippen LogP contribution in [0.3, 0.4) is 0 Å². The molecule has 7 nitrogen and oxygen atoms in total. The van der Waals surface area contributed by atoms with Crippen LogP contribution in [-0.4, -0.2) is 64.7 Å². The normalized spacial score (nSPS) is 16.5. The van der Waals surface area contributed by atoms with E-state index < -0.39 is 0 Å². The molecule has 0 unspecified atom stereocenters. The molecule has 3 heterocycles. The van der Waals surface area contributed by atoms with Gasteiger partial charge in [-0.15, -0.1) is 11.5 Å². The molecule has 0 saturated carbocycles. The van der Waals surface area contributed by atoms with Gasteiger partial charge in [0.1, 0.15) is 0 Å². The summed E-state index contributed by atoms with van der Waals surface area (Å²) in [6.07, 6.45) is 8.20. The number of aromatic nitrogens is 3. The van der Waals surface area contributed by atoms with Gasteiger partial charge in [-0.3, -0.25) is 9.69 Å². The molecule has 26 heavy (non-hydrogen) atoms. The van der Waals surface area contributed by atoms with Gasteiger partial charge < -0.3 is 10.2 Å². The van der Waals surface area contributed by atoms with E-state index in [-0.39, 0.29) is 17.9 Å². The van der Waals surface area contributed by atoms with E-state index in [2.05, 4.69) is 41.8 Å². The zero-order valence-corrected chi connectivity index (χ0v) is 16.5. The molecule has 2 aromatic heterocycles. The fourth-order valence-corrected chi connectivity index (χ4v) is 3.84. The van der Waals surface area contributed by atoms with Crippen LogP contribution in [0.15, 0.2) is 6.20 Å². The van der Waals surface area contributed by atoms with Crippen LogP contribution in [0, 0.1) is 12.3 Å². The van der Waals surface area contributed by atoms with Crippen molar-refractivity contribution in [2.75, 3.05) is 44.2 Å². The van der Waals surface area contributed by atoms with E-state index >= 15 is 0 Å². The van der Waals surface area contributed by atoms with Crippen LogP contribution < -0.4 is 10.2 Å². The lowest BCUT2D eigenvalue weighted by Gasteiger charge is -2.20. The van der Waals surface area contributed by atoms with E-state index in [0.717, 1.165) is 48.4 Å². The van der Waals surface area contributed by atoms with Crippen LogP contribution >= 0.6 is 11.3 Å². The van der Waals surface area contributed by atoms with Crippen LogP contribution in [-0.2, 0) is 10.2 Å². The number of carbonyl (C=O) groups is 1. The van der Waals surface area contributed by atoms with E-state index in [1.165, 1.54) is 0 Å². The first-order valence-electron chi connectivity index (χ1n) is 8.91. The summed E-state index contributed by atoms with van der Waals surface area (Å²) >= 11 is 1.62. The predicted octanol–water partition coefficient (Wildman–Crippen LogP) is 1.35. The van der Waals surface area contributed by atoms with Crippen LogP contribution in [0.2, 0.25) is 0 Å². The Bertz CT molecular complexity index is 780. The van der Waals surface area contributed by atoms with Crippen molar-refractivity contribution in [2.24, 2.45) is 0 Å². The maximum Gasteiger partial charge on any atom is 0.234 e. The molecule has 1 amide bonds. The second-order valence-electron chi connectivity index (χ2n) is 7.59. The Morgan fingerprint density at radius 3 is 2.85 bits per heavy atom. The summed E-state index contributed by atoms with van der Waals surface area (Å²) in [4.78, 5) is 22.0. The van der Waals surface area contributed by atoms with E-state index in [4.69, 9.17) is 16.5 Å². The van der Waals surface area contributed by atoms with Gasteiger partial charge in [-0.05, 0) is 6.42 Å². The molecule has 0 radical (unpaired) electrons. The van der Waals surface area contributed by atoms with Gasteiger partial charge in [0, 0.05) is 31.6 Å². The Morgan fingerprint density at radius 2 is 2.15 bits per heavy atom. The van der Waals surface area contributed by atoms with Gasteiger partial charge in [0.15, 0.2) is 0 Å². The summed E-state index contributed by atoms with van der Waals surface area (Å²) in [5.41, 5.74) is 1.08. The Balaban J connectivity index is 1.62. The second kappa shape index (κ2) is 7.64. The SMILES string of the molecule is C#CCNC(=O)CN1CCCN(c2nn3cc(C(C)(C)C)nc3s2)CC1. The van der Waals surface area contributed by atoms with Gasteiger partial charge in [-0.25, -0.2) is 9.50 Å². The highest BCUT2D eigenvalue weighted by molar-refractivity contribution is 7.20. The molecule has 0 aliphatic carbocycles. The molecule has 1 aliphatic heterocycles. The topological polar surface area (TPSA) is 65.8 Å². The maximum atomic E-state index is 11.8. The monoisotopic (exact) mass is 374 g/mol. The van der Waals surface area contributed by atoms with Gasteiger partial charge in [0.2, 0.25) is 16.0 Å². The van der Waals surface area contributed by atoms with Crippen LogP contribution in [0.1, 0.15) is 32.9 Å². The first-order chi connectivity index (χ1) is 12.4. The molecule has 140 valence electrons. The number of amides is 1. The molecule has 0 spiro atoms. The van der Waals surface area contributed by atoms with Crippen LogP contribution in [0.5, 0.6) is 0 Å². The second-order valence-corrected chi connectivity index (χ2v) is 8.52.